The maximum atomic E-state index is 5.75. The minimum Gasteiger partial charge on any atom is -0.399 e. The van der Waals surface area contributed by atoms with Gasteiger partial charge in [0.2, 0.25) is 0 Å². The third-order valence-corrected chi connectivity index (χ3v) is 2.49. The molecule has 1 aromatic heterocycles. The highest BCUT2D eigenvalue weighted by Crippen LogP contribution is 2.21. The van der Waals surface area contributed by atoms with E-state index in [0.29, 0.717) is 0 Å². The molecule has 1 heterocycles. The van der Waals surface area contributed by atoms with Crippen LogP contribution in [0.5, 0.6) is 0 Å². The van der Waals surface area contributed by atoms with Crippen molar-refractivity contribution in [2.24, 2.45) is 0 Å². The number of nitrogen functional groups attached to an aromatic ring is 1. The summed E-state index contributed by atoms with van der Waals surface area (Å²) in [5, 5.41) is 4.55. The van der Waals surface area contributed by atoms with Crippen LogP contribution in [0, 0.1) is 0 Å². The van der Waals surface area contributed by atoms with E-state index in [2.05, 4.69) is 25.9 Å². The Kier molecular flexibility index (Phi) is 2.46. The first-order chi connectivity index (χ1) is 7.47. The first kappa shape index (κ1) is 10.7. The van der Waals surface area contributed by atoms with Crippen LogP contribution in [0.1, 0.15) is 26.5 Å². The molecule has 0 spiro atoms. The lowest BCUT2D eigenvalue weighted by atomic mass is 9.93. The molecule has 0 aliphatic heterocycles. The smallest absolute Gasteiger partial charge is 0.0682 e. The molecule has 2 rings (SSSR count). The fourth-order valence-corrected chi connectivity index (χ4v) is 1.54. The molecule has 0 aliphatic rings. The zero-order valence-electron chi connectivity index (χ0n) is 9.94. The van der Waals surface area contributed by atoms with Gasteiger partial charge in [-0.3, -0.25) is 0 Å². The summed E-state index contributed by atoms with van der Waals surface area (Å²) >= 11 is 0. The van der Waals surface area contributed by atoms with Gasteiger partial charge in [-0.15, -0.1) is 0 Å². The van der Waals surface area contributed by atoms with Gasteiger partial charge in [0.15, 0.2) is 0 Å². The fourth-order valence-electron chi connectivity index (χ4n) is 1.54. The number of benzene rings is 1. The SMILES string of the molecule is CC(C)(C)c1ccn(-c2cccc(N)c2)n1. The van der Waals surface area contributed by atoms with E-state index in [1.165, 1.54) is 0 Å². The highest BCUT2D eigenvalue weighted by Gasteiger charge is 2.16. The predicted molar refractivity (Wildman–Crippen MR) is 66.7 cm³/mol. The molecular formula is C13H17N3. The van der Waals surface area contributed by atoms with Crippen molar-refractivity contribution >= 4 is 5.69 Å². The molecule has 0 saturated carbocycles. The minimum absolute atomic E-state index is 0.0750. The van der Waals surface area contributed by atoms with E-state index in [-0.39, 0.29) is 5.41 Å². The molecule has 16 heavy (non-hydrogen) atoms. The number of nitrogens with zero attached hydrogens (tertiary/aromatic N) is 2. The quantitative estimate of drug-likeness (QED) is 0.743. The lowest BCUT2D eigenvalue weighted by molar-refractivity contribution is 0.560. The predicted octanol–water partition coefficient (Wildman–Crippen LogP) is 2.75. The van der Waals surface area contributed by atoms with Crippen molar-refractivity contribution in [3.8, 4) is 5.69 Å². The summed E-state index contributed by atoms with van der Waals surface area (Å²) in [6.45, 7) is 6.46. The van der Waals surface area contributed by atoms with E-state index >= 15 is 0 Å². The van der Waals surface area contributed by atoms with E-state index < -0.39 is 0 Å². The van der Waals surface area contributed by atoms with E-state index in [1.807, 2.05) is 41.2 Å². The number of hydrogen-bond donors (Lipinski definition) is 1. The molecule has 3 nitrogen and oxygen atoms in total. The van der Waals surface area contributed by atoms with E-state index in [1.54, 1.807) is 0 Å². The summed E-state index contributed by atoms with van der Waals surface area (Å²) in [5.41, 5.74) is 8.65. The summed E-state index contributed by atoms with van der Waals surface area (Å²) in [7, 11) is 0. The van der Waals surface area contributed by atoms with Crippen LogP contribution < -0.4 is 5.73 Å². The second-order valence-electron chi connectivity index (χ2n) is 4.99. The molecule has 2 aromatic rings. The van der Waals surface area contributed by atoms with E-state index in [4.69, 9.17) is 5.73 Å². The van der Waals surface area contributed by atoms with Gasteiger partial charge in [-0.2, -0.15) is 5.10 Å². The number of hydrogen-bond acceptors (Lipinski definition) is 2. The van der Waals surface area contributed by atoms with Gasteiger partial charge < -0.3 is 5.73 Å². The molecule has 1 aromatic carbocycles. The Morgan fingerprint density at radius 3 is 2.50 bits per heavy atom. The van der Waals surface area contributed by atoms with Crippen LogP contribution in [0.2, 0.25) is 0 Å². The summed E-state index contributed by atoms with van der Waals surface area (Å²) in [6, 6.07) is 9.76. The minimum atomic E-state index is 0.0750. The summed E-state index contributed by atoms with van der Waals surface area (Å²) in [4.78, 5) is 0. The van der Waals surface area contributed by atoms with E-state index in [0.717, 1.165) is 17.1 Å². The number of rotatable bonds is 1. The molecule has 0 fully saturated rings. The normalized spacial score (nSPS) is 11.7. The van der Waals surface area contributed by atoms with Crippen LogP contribution in [0.4, 0.5) is 5.69 Å². The van der Waals surface area contributed by atoms with Gasteiger partial charge in [0.1, 0.15) is 0 Å². The van der Waals surface area contributed by atoms with Gasteiger partial charge in [-0.1, -0.05) is 26.8 Å². The topological polar surface area (TPSA) is 43.8 Å². The molecule has 0 radical (unpaired) electrons. The molecule has 0 aliphatic carbocycles. The lowest BCUT2D eigenvalue weighted by Gasteiger charge is -2.14. The lowest BCUT2D eigenvalue weighted by Crippen LogP contribution is -2.12. The monoisotopic (exact) mass is 215 g/mol. The maximum absolute atomic E-state index is 5.75. The van der Waals surface area contributed by atoms with Gasteiger partial charge >= 0.3 is 0 Å². The van der Waals surface area contributed by atoms with Crippen molar-refractivity contribution < 1.29 is 0 Å². The summed E-state index contributed by atoms with van der Waals surface area (Å²) in [6.07, 6.45) is 1.97. The van der Waals surface area contributed by atoms with Gasteiger partial charge in [0, 0.05) is 17.3 Å². The van der Waals surface area contributed by atoms with Crippen LogP contribution in [-0.2, 0) is 5.41 Å². The molecule has 2 N–H and O–H groups in total. The first-order valence-electron chi connectivity index (χ1n) is 5.39. The highest BCUT2D eigenvalue weighted by molar-refractivity contribution is 5.47. The van der Waals surface area contributed by atoms with Gasteiger partial charge in [0.25, 0.3) is 0 Å². The standard InChI is InChI=1S/C13H17N3/c1-13(2,3)12-7-8-16(15-12)11-6-4-5-10(14)9-11/h4-9H,14H2,1-3H3. The summed E-state index contributed by atoms with van der Waals surface area (Å²) in [5.74, 6) is 0. The Morgan fingerprint density at radius 2 is 1.94 bits per heavy atom. The van der Waals surface area contributed by atoms with Crippen LogP contribution in [0.25, 0.3) is 5.69 Å². The third kappa shape index (κ3) is 2.08. The Labute approximate surface area is 95.9 Å². The Balaban J connectivity index is 2.39. The van der Waals surface area contributed by atoms with Gasteiger partial charge in [-0.05, 0) is 24.3 Å². The fraction of sp³-hybridized carbons (Fsp3) is 0.308. The zero-order valence-corrected chi connectivity index (χ0v) is 9.94. The number of nitrogens with two attached hydrogens (primary N) is 1. The second-order valence-corrected chi connectivity index (χ2v) is 4.99. The molecule has 0 saturated heterocycles. The first-order valence-corrected chi connectivity index (χ1v) is 5.39. The average molecular weight is 215 g/mol. The van der Waals surface area contributed by atoms with Crippen molar-refractivity contribution in [2.45, 2.75) is 26.2 Å². The van der Waals surface area contributed by atoms with Crippen molar-refractivity contribution in [1.82, 2.24) is 9.78 Å². The third-order valence-electron chi connectivity index (χ3n) is 2.49. The van der Waals surface area contributed by atoms with Crippen molar-refractivity contribution in [3.05, 3.63) is 42.2 Å². The van der Waals surface area contributed by atoms with Crippen LogP contribution in [-0.4, -0.2) is 9.78 Å². The highest BCUT2D eigenvalue weighted by atomic mass is 15.3. The molecule has 0 unspecified atom stereocenters. The van der Waals surface area contributed by atoms with Crippen molar-refractivity contribution in [2.75, 3.05) is 5.73 Å². The zero-order chi connectivity index (χ0) is 11.8. The Bertz CT molecular complexity index is 492. The Hall–Kier alpha value is -1.77. The molecule has 84 valence electrons. The molecule has 0 bridgehead atoms. The van der Waals surface area contributed by atoms with Crippen LogP contribution in [0.3, 0.4) is 0 Å². The van der Waals surface area contributed by atoms with E-state index in [9.17, 15) is 0 Å². The molecule has 3 heteroatoms. The van der Waals surface area contributed by atoms with Crippen molar-refractivity contribution in [1.29, 1.82) is 0 Å². The number of anilines is 1. The Morgan fingerprint density at radius 1 is 1.19 bits per heavy atom. The molecule has 0 atom stereocenters. The van der Waals surface area contributed by atoms with Crippen LogP contribution >= 0.6 is 0 Å². The number of aromatic nitrogens is 2. The van der Waals surface area contributed by atoms with Crippen LogP contribution in [0.15, 0.2) is 36.5 Å². The van der Waals surface area contributed by atoms with Gasteiger partial charge in [-0.25, -0.2) is 4.68 Å². The molecule has 0 amide bonds. The van der Waals surface area contributed by atoms with Crippen molar-refractivity contribution in [3.63, 3.8) is 0 Å². The molecular weight excluding hydrogens is 198 g/mol. The maximum Gasteiger partial charge on any atom is 0.0682 e. The largest absolute Gasteiger partial charge is 0.399 e. The second kappa shape index (κ2) is 3.67. The summed E-state index contributed by atoms with van der Waals surface area (Å²) < 4.78 is 1.86. The van der Waals surface area contributed by atoms with Gasteiger partial charge in [0.05, 0.1) is 11.4 Å². The average Bonchev–Trinajstić information content (AvgIpc) is 2.65.